The number of rotatable bonds is 0. The molecule has 1 aliphatic heterocycles. The number of amides is 1. The molecular weight excluding hydrogens is 236 g/mol. The van der Waals surface area contributed by atoms with Gasteiger partial charge in [-0.15, -0.1) is 11.3 Å². The zero-order chi connectivity index (χ0) is 12.6. The largest absolute Gasteiger partial charge is 0.444 e. The van der Waals surface area contributed by atoms with Crippen molar-refractivity contribution in [2.24, 2.45) is 0 Å². The van der Waals surface area contributed by atoms with Gasteiger partial charge in [-0.3, -0.25) is 0 Å². The van der Waals surface area contributed by atoms with E-state index < -0.39 is 5.60 Å². The molecule has 0 aliphatic carbocycles. The van der Waals surface area contributed by atoms with Crippen molar-refractivity contribution in [3.63, 3.8) is 0 Å². The lowest BCUT2D eigenvalue weighted by Crippen LogP contribution is -2.39. The Bertz CT molecular complexity index is 434. The number of hydrogen-bond acceptors (Lipinski definition) is 4. The van der Waals surface area contributed by atoms with E-state index in [1.165, 1.54) is 4.88 Å². The Morgan fingerprint density at radius 1 is 1.47 bits per heavy atom. The number of hydrogen-bond donors (Lipinski definition) is 0. The second-order valence-corrected chi connectivity index (χ2v) is 6.54. The summed E-state index contributed by atoms with van der Waals surface area (Å²) >= 11 is 1.73. The second kappa shape index (κ2) is 4.29. The van der Waals surface area contributed by atoms with Gasteiger partial charge in [-0.1, -0.05) is 0 Å². The summed E-state index contributed by atoms with van der Waals surface area (Å²) in [6.07, 6.45) is 0.647. The molecule has 0 saturated carbocycles. The molecule has 0 N–H and O–H groups in total. The maximum Gasteiger partial charge on any atom is 0.410 e. The molecular formula is C12H18N2O2S. The molecule has 4 nitrogen and oxygen atoms in total. The molecule has 1 aromatic heterocycles. The van der Waals surface area contributed by atoms with Gasteiger partial charge in [0, 0.05) is 17.8 Å². The van der Waals surface area contributed by atoms with Crippen LogP contribution in [0.15, 0.2) is 0 Å². The first-order chi connectivity index (χ1) is 7.85. The van der Waals surface area contributed by atoms with Crippen LogP contribution in [0.3, 0.4) is 0 Å². The quantitative estimate of drug-likeness (QED) is 0.715. The van der Waals surface area contributed by atoms with Crippen molar-refractivity contribution in [2.45, 2.75) is 46.3 Å². The van der Waals surface area contributed by atoms with Gasteiger partial charge in [0.1, 0.15) is 5.60 Å². The van der Waals surface area contributed by atoms with E-state index in [-0.39, 0.29) is 6.09 Å². The van der Waals surface area contributed by atoms with Crippen LogP contribution in [-0.4, -0.2) is 28.1 Å². The molecule has 1 amide bonds. The Balaban J connectivity index is 2.05. The van der Waals surface area contributed by atoms with E-state index in [9.17, 15) is 4.79 Å². The normalized spacial score (nSPS) is 15.6. The average molecular weight is 254 g/mol. The molecule has 94 valence electrons. The van der Waals surface area contributed by atoms with Crippen LogP contribution in [-0.2, 0) is 17.7 Å². The van der Waals surface area contributed by atoms with Crippen LogP contribution < -0.4 is 0 Å². The summed E-state index contributed by atoms with van der Waals surface area (Å²) in [6.45, 7) is 8.95. The van der Waals surface area contributed by atoms with Gasteiger partial charge in [0.05, 0.1) is 17.2 Å². The zero-order valence-electron chi connectivity index (χ0n) is 10.7. The van der Waals surface area contributed by atoms with E-state index in [1.807, 2.05) is 27.7 Å². The predicted octanol–water partition coefficient (Wildman–Crippen LogP) is 2.74. The van der Waals surface area contributed by atoms with E-state index in [0.29, 0.717) is 6.54 Å². The second-order valence-electron chi connectivity index (χ2n) is 5.25. The Kier molecular flexibility index (Phi) is 3.12. The van der Waals surface area contributed by atoms with Crippen LogP contribution in [0.2, 0.25) is 0 Å². The topological polar surface area (TPSA) is 42.4 Å². The minimum atomic E-state index is -0.435. The van der Waals surface area contributed by atoms with Crippen molar-refractivity contribution >= 4 is 17.4 Å². The molecule has 1 aromatic rings. The number of nitrogens with zero attached hydrogens (tertiary/aromatic N) is 2. The fourth-order valence-corrected chi connectivity index (χ4v) is 2.74. The number of fused-ring (bicyclic) bond motifs is 1. The Hall–Kier alpha value is -1.10. The number of aryl methyl sites for hydroxylation is 1. The Morgan fingerprint density at radius 3 is 2.82 bits per heavy atom. The third-order valence-electron chi connectivity index (χ3n) is 2.49. The number of thiazole rings is 1. The number of carbonyl (C=O) groups excluding carboxylic acids is 1. The SMILES string of the molecule is Cc1nc2c(s1)CCN(C(=O)OC(C)(C)C)C2. The highest BCUT2D eigenvalue weighted by atomic mass is 32.1. The predicted molar refractivity (Wildman–Crippen MR) is 67.2 cm³/mol. The molecule has 0 radical (unpaired) electrons. The molecule has 0 aromatic carbocycles. The van der Waals surface area contributed by atoms with Crippen LogP contribution in [0.4, 0.5) is 4.79 Å². The van der Waals surface area contributed by atoms with Gasteiger partial charge in [0.25, 0.3) is 0 Å². The van der Waals surface area contributed by atoms with Gasteiger partial charge in [-0.25, -0.2) is 9.78 Å². The Morgan fingerprint density at radius 2 is 2.18 bits per heavy atom. The van der Waals surface area contributed by atoms with E-state index in [4.69, 9.17) is 4.74 Å². The minimum Gasteiger partial charge on any atom is -0.444 e. The van der Waals surface area contributed by atoms with Gasteiger partial charge < -0.3 is 9.64 Å². The minimum absolute atomic E-state index is 0.242. The molecule has 2 rings (SSSR count). The molecule has 0 unspecified atom stereocenters. The van der Waals surface area contributed by atoms with Gasteiger partial charge in [-0.2, -0.15) is 0 Å². The van der Waals surface area contributed by atoms with Gasteiger partial charge in [-0.05, 0) is 27.7 Å². The van der Waals surface area contributed by atoms with Crippen LogP contribution >= 0.6 is 11.3 Å². The van der Waals surface area contributed by atoms with E-state index in [0.717, 1.165) is 23.7 Å². The maximum absolute atomic E-state index is 11.9. The third-order valence-corrected chi connectivity index (χ3v) is 3.56. The lowest BCUT2D eigenvalue weighted by atomic mass is 10.2. The highest BCUT2D eigenvalue weighted by Gasteiger charge is 2.27. The molecule has 0 fully saturated rings. The summed E-state index contributed by atoms with van der Waals surface area (Å²) in [5.41, 5.74) is 0.597. The molecule has 1 aliphatic rings. The van der Waals surface area contributed by atoms with Crippen LogP contribution in [0.1, 0.15) is 36.3 Å². The average Bonchev–Trinajstić information content (AvgIpc) is 2.53. The van der Waals surface area contributed by atoms with Crippen molar-refractivity contribution in [3.8, 4) is 0 Å². The highest BCUT2D eigenvalue weighted by Crippen LogP contribution is 2.25. The van der Waals surface area contributed by atoms with E-state index >= 15 is 0 Å². The summed E-state index contributed by atoms with van der Waals surface area (Å²) < 4.78 is 5.36. The van der Waals surface area contributed by atoms with Crippen molar-refractivity contribution in [1.82, 2.24) is 9.88 Å². The molecule has 0 saturated heterocycles. The highest BCUT2D eigenvalue weighted by molar-refractivity contribution is 7.11. The van der Waals surface area contributed by atoms with Crippen LogP contribution in [0, 0.1) is 6.92 Å². The first kappa shape index (κ1) is 12.4. The third kappa shape index (κ3) is 2.97. The summed E-state index contributed by atoms with van der Waals surface area (Å²) in [5.74, 6) is 0. The number of aromatic nitrogens is 1. The fourth-order valence-electron chi connectivity index (χ4n) is 1.81. The summed E-state index contributed by atoms with van der Waals surface area (Å²) in [6, 6.07) is 0. The molecule has 0 atom stereocenters. The van der Waals surface area contributed by atoms with E-state index in [1.54, 1.807) is 16.2 Å². The Labute approximate surface area is 106 Å². The van der Waals surface area contributed by atoms with E-state index in [2.05, 4.69) is 4.98 Å². The maximum atomic E-state index is 11.9. The standard InChI is InChI=1S/C12H18N2O2S/c1-8-13-9-7-14(6-5-10(9)17-8)11(15)16-12(2,3)4/h5-7H2,1-4H3. The summed E-state index contributed by atoms with van der Waals surface area (Å²) in [7, 11) is 0. The number of carbonyl (C=O) groups is 1. The van der Waals surface area contributed by atoms with Crippen molar-refractivity contribution in [3.05, 3.63) is 15.6 Å². The molecule has 2 heterocycles. The summed E-state index contributed by atoms with van der Waals surface area (Å²) in [5, 5.41) is 1.07. The van der Waals surface area contributed by atoms with Gasteiger partial charge in [0.2, 0.25) is 0 Å². The lowest BCUT2D eigenvalue weighted by molar-refractivity contribution is 0.0222. The summed E-state index contributed by atoms with van der Waals surface area (Å²) in [4.78, 5) is 19.4. The fraction of sp³-hybridized carbons (Fsp3) is 0.667. The van der Waals surface area contributed by atoms with Crippen molar-refractivity contribution in [2.75, 3.05) is 6.54 Å². The van der Waals surface area contributed by atoms with Gasteiger partial charge >= 0.3 is 6.09 Å². The van der Waals surface area contributed by atoms with Gasteiger partial charge in [0.15, 0.2) is 0 Å². The number of ether oxygens (including phenoxy) is 1. The zero-order valence-corrected chi connectivity index (χ0v) is 11.6. The molecule has 0 spiro atoms. The first-order valence-corrected chi connectivity index (χ1v) is 6.60. The molecule has 17 heavy (non-hydrogen) atoms. The van der Waals surface area contributed by atoms with Crippen LogP contribution in [0.25, 0.3) is 0 Å². The van der Waals surface area contributed by atoms with Crippen molar-refractivity contribution in [1.29, 1.82) is 0 Å². The lowest BCUT2D eigenvalue weighted by Gasteiger charge is -2.29. The molecule has 5 heteroatoms. The monoisotopic (exact) mass is 254 g/mol. The first-order valence-electron chi connectivity index (χ1n) is 5.78. The molecule has 0 bridgehead atoms. The smallest absolute Gasteiger partial charge is 0.410 e. The van der Waals surface area contributed by atoms with Crippen molar-refractivity contribution < 1.29 is 9.53 Å². The van der Waals surface area contributed by atoms with Crippen LogP contribution in [0.5, 0.6) is 0 Å².